The second-order valence-corrected chi connectivity index (χ2v) is 4.72. The van der Waals surface area contributed by atoms with Crippen molar-refractivity contribution in [1.29, 1.82) is 0 Å². The Hall–Kier alpha value is -0.780. The van der Waals surface area contributed by atoms with E-state index >= 15 is 0 Å². The van der Waals surface area contributed by atoms with Gasteiger partial charge < -0.3 is 5.73 Å². The summed E-state index contributed by atoms with van der Waals surface area (Å²) in [6, 6.07) is 2.04. The van der Waals surface area contributed by atoms with Crippen LogP contribution in [-0.2, 0) is 0 Å². The standard InChI is InChI=1S/C8H9N3S2/c1-5-2-6(4-12-5)8(9)7-3-10-11-13-7/h2-4,8H,9H2,1H3. The molecule has 1 unspecified atom stereocenters. The molecule has 1 atom stereocenters. The summed E-state index contributed by atoms with van der Waals surface area (Å²) in [5.74, 6) is 0. The van der Waals surface area contributed by atoms with Crippen LogP contribution in [0.5, 0.6) is 0 Å². The van der Waals surface area contributed by atoms with Crippen molar-refractivity contribution in [1.82, 2.24) is 9.59 Å². The second kappa shape index (κ2) is 3.53. The topological polar surface area (TPSA) is 51.8 Å². The van der Waals surface area contributed by atoms with E-state index < -0.39 is 0 Å². The molecule has 0 radical (unpaired) electrons. The number of hydrogen-bond acceptors (Lipinski definition) is 5. The second-order valence-electron chi connectivity index (χ2n) is 2.79. The zero-order valence-electron chi connectivity index (χ0n) is 7.10. The van der Waals surface area contributed by atoms with Crippen molar-refractivity contribution < 1.29 is 0 Å². The first kappa shape index (κ1) is 8.80. The highest BCUT2D eigenvalue weighted by atomic mass is 32.1. The SMILES string of the molecule is Cc1cc(C(N)c2cnns2)cs1. The lowest BCUT2D eigenvalue weighted by atomic mass is 10.1. The molecule has 2 rings (SSSR count). The smallest absolute Gasteiger partial charge is 0.0686 e. The number of aromatic nitrogens is 2. The first-order valence-corrected chi connectivity index (χ1v) is 5.50. The largest absolute Gasteiger partial charge is 0.319 e. The first-order chi connectivity index (χ1) is 6.27. The van der Waals surface area contributed by atoms with Crippen LogP contribution in [0, 0.1) is 6.92 Å². The van der Waals surface area contributed by atoms with E-state index in [-0.39, 0.29) is 6.04 Å². The summed E-state index contributed by atoms with van der Waals surface area (Å²) in [4.78, 5) is 2.29. The Bertz CT molecular complexity index is 380. The van der Waals surface area contributed by atoms with Crippen molar-refractivity contribution in [2.75, 3.05) is 0 Å². The normalized spacial score (nSPS) is 13.1. The van der Waals surface area contributed by atoms with Gasteiger partial charge in [0.25, 0.3) is 0 Å². The van der Waals surface area contributed by atoms with Crippen LogP contribution in [-0.4, -0.2) is 9.59 Å². The number of nitrogens with two attached hydrogens (primary N) is 1. The Kier molecular flexibility index (Phi) is 2.39. The molecule has 2 aromatic rings. The van der Waals surface area contributed by atoms with Crippen molar-refractivity contribution in [2.24, 2.45) is 5.73 Å². The molecule has 0 bridgehead atoms. The van der Waals surface area contributed by atoms with Gasteiger partial charge in [-0.05, 0) is 35.5 Å². The summed E-state index contributed by atoms with van der Waals surface area (Å²) in [7, 11) is 0. The molecule has 0 spiro atoms. The fourth-order valence-corrected chi connectivity index (χ4v) is 2.38. The van der Waals surface area contributed by atoms with Gasteiger partial charge in [0.1, 0.15) is 0 Å². The van der Waals surface area contributed by atoms with Crippen LogP contribution >= 0.6 is 22.9 Å². The van der Waals surface area contributed by atoms with Gasteiger partial charge in [-0.3, -0.25) is 0 Å². The maximum atomic E-state index is 6.01. The minimum absolute atomic E-state index is 0.0649. The van der Waals surface area contributed by atoms with Gasteiger partial charge in [0.05, 0.1) is 17.1 Å². The highest BCUT2D eigenvalue weighted by molar-refractivity contribution is 7.10. The number of nitrogens with zero attached hydrogens (tertiary/aromatic N) is 2. The summed E-state index contributed by atoms with van der Waals surface area (Å²) in [5.41, 5.74) is 7.16. The third-order valence-electron chi connectivity index (χ3n) is 1.79. The number of thiophene rings is 1. The van der Waals surface area contributed by atoms with Crippen molar-refractivity contribution in [2.45, 2.75) is 13.0 Å². The van der Waals surface area contributed by atoms with E-state index in [2.05, 4.69) is 28.0 Å². The summed E-state index contributed by atoms with van der Waals surface area (Å²) >= 11 is 3.07. The average molecular weight is 211 g/mol. The molecule has 68 valence electrons. The van der Waals surface area contributed by atoms with Gasteiger partial charge in [0.2, 0.25) is 0 Å². The fraction of sp³-hybridized carbons (Fsp3) is 0.250. The Morgan fingerprint density at radius 1 is 1.54 bits per heavy atom. The Labute approximate surface area is 84.4 Å². The van der Waals surface area contributed by atoms with E-state index in [1.807, 2.05) is 0 Å². The van der Waals surface area contributed by atoms with Crippen molar-refractivity contribution in [3.63, 3.8) is 0 Å². The molecule has 0 aliphatic heterocycles. The molecule has 13 heavy (non-hydrogen) atoms. The first-order valence-electron chi connectivity index (χ1n) is 3.85. The minimum Gasteiger partial charge on any atom is -0.319 e. The maximum Gasteiger partial charge on any atom is 0.0686 e. The van der Waals surface area contributed by atoms with E-state index in [1.165, 1.54) is 16.4 Å². The van der Waals surface area contributed by atoms with Gasteiger partial charge in [-0.2, -0.15) is 0 Å². The van der Waals surface area contributed by atoms with Crippen LogP contribution in [0.3, 0.4) is 0 Å². The van der Waals surface area contributed by atoms with Crippen LogP contribution in [0.2, 0.25) is 0 Å². The van der Waals surface area contributed by atoms with Crippen LogP contribution in [0.1, 0.15) is 21.4 Å². The molecule has 0 aliphatic rings. The summed E-state index contributed by atoms with van der Waals surface area (Å²) in [6.07, 6.45) is 1.72. The van der Waals surface area contributed by atoms with Crippen molar-refractivity contribution in [3.05, 3.63) is 33.0 Å². The van der Waals surface area contributed by atoms with E-state index in [4.69, 9.17) is 5.73 Å². The van der Waals surface area contributed by atoms with Gasteiger partial charge in [0.15, 0.2) is 0 Å². The van der Waals surface area contributed by atoms with E-state index in [9.17, 15) is 0 Å². The zero-order chi connectivity index (χ0) is 9.26. The third kappa shape index (κ3) is 1.77. The monoisotopic (exact) mass is 211 g/mol. The van der Waals surface area contributed by atoms with E-state index in [0.29, 0.717) is 0 Å². The number of rotatable bonds is 2. The molecule has 0 fully saturated rings. The highest BCUT2D eigenvalue weighted by Crippen LogP contribution is 2.25. The Morgan fingerprint density at radius 3 is 2.92 bits per heavy atom. The zero-order valence-corrected chi connectivity index (χ0v) is 8.73. The Balaban J connectivity index is 2.28. The molecule has 2 N–H and O–H groups in total. The van der Waals surface area contributed by atoms with E-state index in [0.717, 1.165) is 10.4 Å². The molecule has 0 saturated heterocycles. The average Bonchev–Trinajstić information content (AvgIpc) is 2.72. The quantitative estimate of drug-likeness (QED) is 0.826. The predicted molar refractivity (Wildman–Crippen MR) is 55.0 cm³/mol. The molecule has 5 heteroatoms. The number of aryl methyl sites for hydroxylation is 1. The highest BCUT2D eigenvalue weighted by Gasteiger charge is 2.11. The Morgan fingerprint density at radius 2 is 2.38 bits per heavy atom. The maximum absolute atomic E-state index is 6.01. The lowest BCUT2D eigenvalue weighted by Gasteiger charge is -2.04. The van der Waals surface area contributed by atoms with Crippen LogP contribution in [0.15, 0.2) is 17.6 Å². The van der Waals surface area contributed by atoms with Gasteiger partial charge in [0, 0.05) is 4.88 Å². The molecule has 3 nitrogen and oxygen atoms in total. The van der Waals surface area contributed by atoms with Gasteiger partial charge >= 0.3 is 0 Å². The van der Waals surface area contributed by atoms with Crippen LogP contribution in [0.25, 0.3) is 0 Å². The number of hydrogen-bond donors (Lipinski definition) is 1. The van der Waals surface area contributed by atoms with Gasteiger partial charge in [-0.15, -0.1) is 16.4 Å². The van der Waals surface area contributed by atoms with Crippen molar-refractivity contribution in [3.8, 4) is 0 Å². The predicted octanol–water partition coefficient (Wildman–Crippen LogP) is 1.96. The van der Waals surface area contributed by atoms with E-state index in [1.54, 1.807) is 17.5 Å². The summed E-state index contributed by atoms with van der Waals surface area (Å²) < 4.78 is 3.79. The molecule has 0 amide bonds. The molecule has 0 aromatic carbocycles. The lowest BCUT2D eigenvalue weighted by molar-refractivity contribution is 0.893. The minimum atomic E-state index is -0.0649. The molecule has 2 heterocycles. The van der Waals surface area contributed by atoms with Gasteiger partial charge in [-0.1, -0.05) is 4.49 Å². The van der Waals surface area contributed by atoms with Gasteiger partial charge in [-0.25, -0.2) is 0 Å². The van der Waals surface area contributed by atoms with Crippen LogP contribution < -0.4 is 5.73 Å². The molecular formula is C8H9N3S2. The van der Waals surface area contributed by atoms with Crippen LogP contribution in [0.4, 0.5) is 0 Å². The molecule has 0 aliphatic carbocycles. The summed E-state index contributed by atoms with van der Waals surface area (Å²) in [6.45, 7) is 2.08. The molecular weight excluding hydrogens is 202 g/mol. The lowest BCUT2D eigenvalue weighted by Crippen LogP contribution is -2.08. The summed E-state index contributed by atoms with van der Waals surface area (Å²) in [5, 5.41) is 5.85. The molecule has 2 aromatic heterocycles. The fourth-order valence-electron chi connectivity index (χ4n) is 1.10. The van der Waals surface area contributed by atoms with Crippen molar-refractivity contribution >= 4 is 22.9 Å². The molecule has 0 saturated carbocycles. The third-order valence-corrected chi connectivity index (χ3v) is 3.42.